The van der Waals surface area contributed by atoms with Gasteiger partial charge in [-0.25, -0.2) is 4.98 Å². The minimum Gasteiger partial charge on any atom is -0.497 e. The molecule has 3 aromatic rings. The maximum absolute atomic E-state index is 13.1. The summed E-state index contributed by atoms with van der Waals surface area (Å²) in [5.74, 6) is 1.55. The normalized spacial score (nSPS) is 14.2. The molecule has 1 aromatic carbocycles. The summed E-state index contributed by atoms with van der Waals surface area (Å²) in [5.41, 5.74) is 3.41. The van der Waals surface area contributed by atoms with Crippen molar-refractivity contribution >= 4 is 17.2 Å². The lowest BCUT2D eigenvalue weighted by atomic mass is 9.95. The van der Waals surface area contributed by atoms with Crippen molar-refractivity contribution in [2.75, 3.05) is 20.8 Å². The largest absolute Gasteiger partial charge is 0.497 e. The molecule has 0 bridgehead atoms. The number of benzene rings is 1. The third-order valence-electron chi connectivity index (χ3n) is 6.31. The number of aromatic nitrogens is 2. The molecule has 1 fully saturated rings. The van der Waals surface area contributed by atoms with Crippen LogP contribution in [0.4, 0.5) is 0 Å². The molecule has 8 heteroatoms. The van der Waals surface area contributed by atoms with Gasteiger partial charge in [0.25, 0.3) is 5.91 Å². The van der Waals surface area contributed by atoms with E-state index in [0.29, 0.717) is 25.3 Å². The van der Waals surface area contributed by atoms with Gasteiger partial charge < -0.3 is 24.1 Å². The number of rotatable bonds is 10. The Balaban J connectivity index is 1.50. The Bertz CT molecular complexity index is 1080. The van der Waals surface area contributed by atoms with Crippen LogP contribution in [0.15, 0.2) is 35.7 Å². The standard InChI is InChI=1S/C26H33N3O4S/c1-18-22(26(30)27-19-7-5-4-6-8-19)15-24(29(18)13-14-31-2)23-17-34-25(28-23)16-33-21-11-9-20(32-3)10-12-21/h9-12,15,17,19H,4-8,13-14,16H2,1-3H3,(H,27,30). The van der Waals surface area contributed by atoms with Gasteiger partial charge in [0.2, 0.25) is 0 Å². The van der Waals surface area contributed by atoms with Crippen molar-refractivity contribution in [1.82, 2.24) is 14.9 Å². The van der Waals surface area contributed by atoms with Crippen molar-refractivity contribution in [1.29, 1.82) is 0 Å². The molecule has 1 amide bonds. The van der Waals surface area contributed by atoms with Crippen molar-refractivity contribution in [2.45, 2.75) is 58.2 Å². The van der Waals surface area contributed by atoms with Crippen LogP contribution in [-0.4, -0.2) is 42.3 Å². The van der Waals surface area contributed by atoms with Crippen molar-refractivity contribution in [2.24, 2.45) is 0 Å². The highest BCUT2D eigenvalue weighted by molar-refractivity contribution is 7.09. The van der Waals surface area contributed by atoms with Gasteiger partial charge >= 0.3 is 0 Å². The Morgan fingerprint density at radius 2 is 1.88 bits per heavy atom. The molecule has 1 aliphatic rings. The summed E-state index contributed by atoms with van der Waals surface area (Å²) in [7, 11) is 3.33. The molecule has 34 heavy (non-hydrogen) atoms. The van der Waals surface area contributed by atoms with Gasteiger partial charge in [-0.05, 0) is 50.1 Å². The molecule has 1 saturated carbocycles. The molecule has 1 aliphatic carbocycles. The molecule has 0 atom stereocenters. The fraction of sp³-hybridized carbons (Fsp3) is 0.462. The van der Waals surface area contributed by atoms with E-state index in [4.69, 9.17) is 19.2 Å². The fourth-order valence-corrected chi connectivity index (χ4v) is 5.08. The molecular weight excluding hydrogens is 450 g/mol. The zero-order valence-electron chi connectivity index (χ0n) is 20.1. The maximum atomic E-state index is 13.1. The van der Waals surface area contributed by atoms with Crippen LogP contribution in [0.2, 0.25) is 0 Å². The summed E-state index contributed by atoms with van der Waals surface area (Å²) < 4.78 is 18.5. The third kappa shape index (κ3) is 5.80. The average molecular weight is 484 g/mol. The van der Waals surface area contributed by atoms with E-state index in [1.54, 1.807) is 25.6 Å². The first-order valence-corrected chi connectivity index (χ1v) is 12.7. The molecule has 0 spiro atoms. The van der Waals surface area contributed by atoms with Crippen LogP contribution in [0, 0.1) is 6.92 Å². The Morgan fingerprint density at radius 3 is 2.59 bits per heavy atom. The number of nitrogens with one attached hydrogen (secondary N) is 1. The van der Waals surface area contributed by atoms with Gasteiger partial charge in [-0.3, -0.25) is 4.79 Å². The summed E-state index contributed by atoms with van der Waals surface area (Å²) in [6.07, 6.45) is 5.75. The number of amides is 1. The van der Waals surface area contributed by atoms with Crippen molar-refractivity contribution in [3.8, 4) is 22.9 Å². The molecule has 0 radical (unpaired) electrons. The number of ether oxygens (including phenoxy) is 3. The van der Waals surface area contributed by atoms with Crippen LogP contribution in [0.25, 0.3) is 11.4 Å². The van der Waals surface area contributed by atoms with Crippen molar-refractivity contribution < 1.29 is 19.0 Å². The quantitative estimate of drug-likeness (QED) is 0.428. The second-order valence-corrected chi connectivity index (χ2v) is 9.51. The molecule has 182 valence electrons. The van der Waals surface area contributed by atoms with E-state index in [0.717, 1.165) is 46.4 Å². The van der Waals surface area contributed by atoms with Crippen LogP contribution in [0.3, 0.4) is 0 Å². The first-order chi connectivity index (χ1) is 16.6. The first-order valence-electron chi connectivity index (χ1n) is 11.8. The van der Waals surface area contributed by atoms with Gasteiger partial charge in [-0.1, -0.05) is 19.3 Å². The number of hydrogen-bond acceptors (Lipinski definition) is 6. The summed E-state index contributed by atoms with van der Waals surface area (Å²) in [5, 5.41) is 6.14. The van der Waals surface area contributed by atoms with Crippen molar-refractivity contribution in [3.63, 3.8) is 0 Å². The zero-order chi connectivity index (χ0) is 23.9. The zero-order valence-corrected chi connectivity index (χ0v) is 21.0. The van der Waals surface area contributed by atoms with Crippen LogP contribution >= 0.6 is 11.3 Å². The van der Waals surface area contributed by atoms with Crippen molar-refractivity contribution in [3.05, 3.63) is 52.0 Å². The van der Waals surface area contributed by atoms with Gasteiger partial charge in [-0.15, -0.1) is 11.3 Å². The fourth-order valence-electron chi connectivity index (χ4n) is 4.38. The van der Waals surface area contributed by atoms with Crippen LogP contribution in [0.1, 0.15) is 53.2 Å². The molecule has 4 rings (SSSR count). The minimum absolute atomic E-state index is 0.000101. The second-order valence-electron chi connectivity index (χ2n) is 8.57. The lowest BCUT2D eigenvalue weighted by Crippen LogP contribution is -2.36. The van der Waals surface area contributed by atoms with Gasteiger partial charge in [0.05, 0.1) is 30.7 Å². The number of hydrogen-bond donors (Lipinski definition) is 1. The van der Waals surface area contributed by atoms with Crippen LogP contribution in [0.5, 0.6) is 11.5 Å². The summed E-state index contributed by atoms with van der Waals surface area (Å²) in [6, 6.07) is 9.73. The number of carbonyl (C=O) groups excluding carboxylic acids is 1. The smallest absolute Gasteiger partial charge is 0.253 e. The first kappa shape index (κ1) is 24.3. The number of thiazole rings is 1. The van der Waals surface area contributed by atoms with Crippen LogP contribution < -0.4 is 14.8 Å². The van der Waals surface area contributed by atoms with E-state index in [1.807, 2.05) is 42.6 Å². The molecule has 1 N–H and O–H groups in total. The monoisotopic (exact) mass is 483 g/mol. The number of methoxy groups -OCH3 is 2. The van der Waals surface area contributed by atoms with E-state index in [-0.39, 0.29) is 11.9 Å². The highest BCUT2D eigenvalue weighted by Gasteiger charge is 2.23. The summed E-state index contributed by atoms with van der Waals surface area (Å²) in [6.45, 7) is 3.59. The van der Waals surface area contributed by atoms with E-state index >= 15 is 0 Å². The Kier molecular flexibility index (Phi) is 8.24. The molecule has 0 saturated heterocycles. The molecular formula is C26H33N3O4S. The van der Waals surface area contributed by atoms with E-state index in [1.165, 1.54) is 19.3 Å². The predicted molar refractivity (Wildman–Crippen MR) is 134 cm³/mol. The molecule has 2 heterocycles. The molecule has 7 nitrogen and oxygen atoms in total. The van der Waals surface area contributed by atoms with Crippen LogP contribution in [-0.2, 0) is 17.9 Å². The molecule has 0 aliphatic heterocycles. The Morgan fingerprint density at radius 1 is 1.15 bits per heavy atom. The van der Waals surface area contributed by atoms with E-state index < -0.39 is 0 Å². The van der Waals surface area contributed by atoms with E-state index in [9.17, 15) is 4.79 Å². The maximum Gasteiger partial charge on any atom is 0.253 e. The summed E-state index contributed by atoms with van der Waals surface area (Å²) in [4.78, 5) is 17.9. The Labute approximate surface area is 205 Å². The highest BCUT2D eigenvalue weighted by atomic mass is 32.1. The van der Waals surface area contributed by atoms with Gasteiger partial charge in [0.15, 0.2) is 0 Å². The predicted octanol–water partition coefficient (Wildman–Crippen LogP) is 5.22. The van der Waals surface area contributed by atoms with Gasteiger partial charge in [-0.2, -0.15) is 0 Å². The SMILES string of the molecule is COCCn1c(-c2csc(COc3ccc(OC)cc3)n2)cc(C(=O)NC2CCCCC2)c1C. The number of nitrogens with zero attached hydrogens (tertiary/aromatic N) is 2. The second kappa shape index (κ2) is 11.5. The van der Waals surface area contributed by atoms with E-state index in [2.05, 4.69) is 9.88 Å². The highest BCUT2D eigenvalue weighted by Crippen LogP contribution is 2.29. The van der Waals surface area contributed by atoms with Gasteiger partial charge in [0.1, 0.15) is 23.1 Å². The Hall–Kier alpha value is -2.84. The average Bonchev–Trinajstić information content (AvgIpc) is 3.46. The number of carbonyl (C=O) groups is 1. The lowest BCUT2D eigenvalue weighted by molar-refractivity contribution is 0.0926. The summed E-state index contributed by atoms with van der Waals surface area (Å²) >= 11 is 1.55. The topological polar surface area (TPSA) is 74.6 Å². The molecule has 0 unspecified atom stereocenters. The lowest BCUT2D eigenvalue weighted by Gasteiger charge is -2.22. The van der Waals surface area contributed by atoms with Gasteiger partial charge in [0, 0.05) is 30.8 Å². The minimum atomic E-state index is 0.000101. The third-order valence-corrected chi connectivity index (χ3v) is 7.13. The molecule has 2 aromatic heterocycles.